The van der Waals surface area contributed by atoms with Crippen LogP contribution in [0.4, 0.5) is 0 Å². The van der Waals surface area contributed by atoms with E-state index in [9.17, 15) is 4.79 Å². The number of carbonyl (C=O) groups is 1. The molecule has 0 spiro atoms. The quantitative estimate of drug-likeness (QED) is 0.906. The first kappa shape index (κ1) is 16.0. The van der Waals surface area contributed by atoms with E-state index < -0.39 is 0 Å². The lowest BCUT2D eigenvalue weighted by Crippen LogP contribution is -2.34. The minimum Gasteiger partial charge on any atom is -0.336 e. The molecule has 4 heteroatoms. The molecular formula is C15H23ClN2O. The molecule has 1 heterocycles. The summed E-state index contributed by atoms with van der Waals surface area (Å²) in [5.41, 5.74) is 8.79. The number of rotatable bonds is 2. The summed E-state index contributed by atoms with van der Waals surface area (Å²) in [6.45, 7) is 7.63. The molecule has 2 unspecified atom stereocenters. The van der Waals surface area contributed by atoms with Crippen molar-refractivity contribution in [2.75, 3.05) is 13.1 Å². The van der Waals surface area contributed by atoms with E-state index in [0.717, 1.165) is 29.7 Å². The maximum absolute atomic E-state index is 12.5. The highest BCUT2D eigenvalue weighted by Gasteiger charge is 2.32. The van der Waals surface area contributed by atoms with Crippen molar-refractivity contribution in [2.24, 2.45) is 11.7 Å². The number of nitrogens with two attached hydrogens (primary N) is 1. The van der Waals surface area contributed by atoms with Crippen LogP contribution in [-0.2, 0) is 0 Å². The molecule has 19 heavy (non-hydrogen) atoms. The highest BCUT2D eigenvalue weighted by Crippen LogP contribution is 2.24. The fraction of sp³-hybridized carbons (Fsp3) is 0.533. The van der Waals surface area contributed by atoms with E-state index in [1.165, 1.54) is 0 Å². The van der Waals surface area contributed by atoms with Crippen LogP contribution in [0, 0.1) is 19.8 Å². The van der Waals surface area contributed by atoms with E-state index in [-0.39, 0.29) is 18.3 Å². The van der Waals surface area contributed by atoms with Gasteiger partial charge in [-0.25, -0.2) is 0 Å². The number of hydrogen-bond donors (Lipinski definition) is 1. The summed E-state index contributed by atoms with van der Waals surface area (Å²) >= 11 is 0. The van der Waals surface area contributed by atoms with Crippen molar-refractivity contribution in [1.29, 1.82) is 0 Å². The Morgan fingerprint density at radius 1 is 1.32 bits per heavy atom. The van der Waals surface area contributed by atoms with Crippen molar-refractivity contribution in [3.05, 3.63) is 34.9 Å². The summed E-state index contributed by atoms with van der Waals surface area (Å²) in [5.74, 6) is 0.597. The van der Waals surface area contributed by atoms with Crippen molar-refractivity contribution in [3.8, 4) is 0 Å². The molecule has 0 bridgehead atoms. The second kappa shape index (κ2) is 6.40. The van der Waals surface area contributed by atoms with Gasteiger partial charge in [-0.15, -0.1) is 12.4 Å². The van der Waals surface area contributed by atoms with Crippen molar-refractivity contribution in [2.45, 2.75) is 33.2 Å². The molecule has 1 aromatic carbocycles. The first-order valence-corrected chi connectivity index (χ1v) is 6.60. The summed E-state index contributed by atoms with van der Waals surface area (Å²) in [5, 5.41) is 0. The molecule has 0 aliphatic carbocycles. The second-order valence-electron chi connectivity index (χ2n) is 5.52. The molecule has 3 nitrogen and oxygen atoms in total. The van der Waals surface area contributed by atoms with Gasteiger partial charge < -0.3 is 10.6 Å². The predicted octanol–water partition coefficient (Wildman–Crippen LogP) is 2.53. The molecule has 1 aliphatic heterocycles. The molecule has 0 radical (unpaired) electrons. The lowest BCUT2D eigenvalue weighted by Gasteiger charge is -2.22. The summed E-state index contributed by atoms with van der Waals surface area (Å²) in [6.07, 6.45) is 1.02. The van der Waals surface area contributed by atoms with Crippen molar-refractivity contribution in [1.82, 2.24) is 4.90 Å². The molecule has 2 atom stereocenters. The number of nitrogens with zero attached hydrogens (tertiary/aromatic N) is 1. The number of benzene rings is 1. The van der Waals surface area contributed by atoms with Crippen LogP contribution in [-0.4, -0.2) is 29.9 Å². The molecule has 1 aliphatic rings. The SMILES string of the molecule is Cc1cc(C)cc(C(=O)N2CC(CN)CC2C)c1.Cl. The van der Waals surface area contributed by atoms with Gasteiger partial charge in [-0.2, -0.15) is 0 Å². The smallest absolute Gasteiger partial charge is 0.254 e. The largest absolute Gasteiger partial charge is 0.336 e. The number of amides is 1. The zero-order valence-corrected chi connectivity index (χ0v) is 12.7. The van der Waals surface area contributed by atoms with Crippen LogP contribution in [0.1, 0.15) is 34.8 Å². The topological polar surface area (TPSA) is 46.3 Å². The van der Waals surface area contributed by atoms with E-state index in [0.29, 0.717) is 18.5 Å². The van der Waals surface area contributed by atoms with Crippen LogP contribution in [0.2, 0.25) is 0 Å². The highest BCUT2D eigenvalue weighted by atomic mass is 35.5. The van der Waals surface area contributed by atoms with Crippen molar-refractivity contribution < 1.29 is 4.79 Å². The fourth-order valence-corrected chi connectivity index (χ4v) is 2.86. The normalized spacial score (nSPS) is 22.2. The average molecular weight is 283 g/mol. The van der Waals surface area contributed by atoms with Crippen LogP contribution in [0.5, 0.6) is 0 Å². The molecule has 1 fully saturated rings. The van der Waals surface area contributed by atoms with Crippen molar-refractivity contribution >= 4 is 18.3 Å². The van der Waals surface area contributed by atoms with Crippen LogP contribution in [0.3, 0.4) is 0 Å². The van der Waals surface area contributed by atoms with Gasteiger partial charge in [-0.1, -0.05) is 17.2 Å². The van der Waals surface area contributed by atoms with Gasteiger partial charge in [0.05, 0.1) is 0 Å². The monoisotopic (exact) mass is 282 g/mol. The van der Waals surface area contributed by atoms with E-state index in [2.05, 4.69) is 13.0 Å². The molecule has 1 saturated heterocycles. The first-order valence-electron chi connectivity index (χ1n) is 6.60. The van der Waals surface area contributed by atoms with Crippen LogP contribution in [0.25, 0.3) is 0 Å². The zero-order chi connectivity index (χ0) is 13.3. The van der Waals surface area contributed by atoms with Crippen LogP contribution in [0.15, 0.2) is 18.2 Å². The Labute approximate surface area is 121 Å². The van der Waals surface area contributed by atoms with Gasteiger partial charge in [-0.3, -0.25) is 4.79 Å². The third-order valence-electron chi connectivity index (χ3n) is 3.72. The molecule has 106 valence electrons. The Kier molecular flexibility index (Phi) is 5.39. The van der Waals surface area contributed by atoms with E-state index in [4.69, 9.17) is 5.73 Å². The zero-order valence-electron chi connectivity index (χ0n) is 11.8. The average Bonchev–Trinajstić information content (AvgIpc) is 2.68. The van der Waals surface area contributed by atoms with Gasteiger partial charge in [0.1, 0.15) is 0 Å². The molecule has 1 amide bonds. The Morgan fingerprint density at radius 2 is 1.89 bits per heavy atom. The molecule has 1 aromatic rings. The second-order valence-corrected chi connectivity index (χ2v) is 5.52. The Balaban J connectivity index is 0.00000180. The third-order valence-corrected chi connectivity index (χ3v) is 3.72. The van der Waals surface area contributed by atoms with Crippen LogP contribution >= 0.6 is 12.4 Å². The summed E-state index contributed by atoms with van der Waals surface area (Å²) in [7, 11) is 0. The number of aryl methyl sites for hydroxylation is 2. The number of halogens is 1. The Hall–Kier alpha value is -1.06. The molecule has 2 rings (SSSR count). The molecule has 2 N–H and O–H groups in total. The van der Waals surface area contributed by atoms with E-state index in [1.807, 2.05) is 30.9 Å². The summed E-state index contributed by atoms with van der Waals surface area (Å²) in [6, 6.07) is 6.33. The lowest BCUT2D eigenvalue weighted by atomic mass is 10.1. The van der Waals surface area contributed by atoms with Gasteiger partial charge in [-0.05, 0) is 51.8 Å². The molecular weight excluding hydrogens is 260 g/mol. The van der Waals surface area contributed by atoms with Gasteiger partial charge >= 0.3 is 0 Å². The molecule has 0 saturated carbocycles. The standard InChI is InChI=1S/C15H22N2O.ClH/c1-10-4-11(2)6-14(5-10)15(18)17-9-13(8-16)7-12(17)3;/h4-6,12-13H,7-9,16H2,1-3H3;1H. The van der Waals surface area contributed by atoms with E-state index >= 15 is 0 Å². The van der Waals surface area contributed by atoms with E-state index in [1.54, 1.807) is 0 Å². The highest BCUT2D eigenvalue weighted by molar-refractivity contribution is 5.95. The fourth-order valence-electron chi connectivity index (χ4n) is 2.86. The minimum atomic E-state index is 0. The lowest BCUT2D eigenvalue weighted by molar-refractivity contribution is 0.0743. The minimum absolute atomic E-state index is 0. The van der Waals surface area contributed by atoms with Crippen LogP contribution < -0.4 is 5.73 Å². The Morgan fingerprint density at radius 3 is 2.37 bits per heavy atom. The van der Waals surface area contributed by atoms with Gasteiger partial charge in [0.25, 0.3) is 5.91 Å². The predicted molar refractivity (Wildman–Crippen MR) is 80.8 cm³/mol. The maximum atomic E-state index is 12.5. The van der Waals surface area contributed by atoms with Gasteiger partial charge in [0.15, 0.2) is 0 Å². The third kappa shape index (κ3) is 3.48. The number of likely N-dealkylation sites (tertiary alicyclic amines) is 1. The Bertz CT molecular complexity index is 441. The van der Waals surface area contributed by atoms with Crippen molar-refractivity contribution in [3.63, 3.8) is 0 Å². The number of hydrogen-bond acceptors (Lipinski definition) is 2. The summed E-state index contributed by atoms with van der Waals surface area (Å²) in [4.78, 5) is 14.5. The first-order chi connectivity index (χ1) is 8.51. The summed E-state index contributed by atoms with van der Waals surface area (Å²) < 4.78 is 0. The van der Waals surface area contributed by atoms with Gasteiger partial charge in [0, 0.05) is 18.2 Å². The van der Waals surface area contributed by atoms with Gasteiger partial charge in [0.2, 0.25) is 0 Å². The number of carbonyl (C=O) groups excluding carboxylic acids is 1. The maximum Gasteiger partial charge on any atom is 0.254 e. The molecule has 0 aromatic heterocycles.